The first-order chi connectivity index (χ1) is 10.1. The van der Waals surface area contributed by atoms with E-state index in [-0.39, 0.29) is 16.9 Å². The highest BCUT2D eigenvalue weighted by atomic mass is 16.1. The number of aromatic amines is 1. The Labute approximate surface area is 125 Å². The summed E-state index contributed by atoms with van der Waals surface area (Å²) in [5.41, 5.74) is 2.00. The summed E-state index contributed by atoms with van der Waals surface area (Å²) in [6.07, 6.45) is 4.48. The van der Waals surface area contributed by atoms with Crippen LogP contribution in [0.15, 0.2) is 41.2 Å². The van der Waals surface area contributed by atoms with Gasteiger partial charge in [-0.25, -0.2) is 4.98 Å². The minimum Gasteiger partial charge on any atom is -0.310 e. The van der Waals surface area contributed by atoms with Gasteiger partial charge in [0, 0.05) is 6.07 Å². The van der Waals surface area contributed by atoms with Crippen molar-refractivity contribution in [1.82, 2.24) is 9.97 Å². The molecule has 21 heavy (non-hydrogen) atoms. The molecule has 1 aliphatic rings. The summed E-state index contributed by atoms with van der Waals surface area (Å²) in [7, 11) is 0. The van der Waals surface area contributed by atoms with Crippen LogP contribution in [-0.4, -0.2) is 9.97 Å². The zero-order valence-corrected chi connectivity index (χ0v) is 12.7. The van der Waals surface area contributed by atoms with Crippen LogP contribution < -0.4 is 5.56 Å². The average Bonchev–Trinajstić information content (AvgIpc) is 2.98. The van der Waals surface area contributed by atoms with E-state index in [1.807, 2.05) is 6.07 Å². The number of H-pyrrole nitrogens is 1. The Bertz CT molecular complexity index is 667. The first-order valence-corrected chi connectivity index (χ1v) is 7.79. The van der Waals surface area contributed by atoms with Crippen molar-refractivity contribution in [3.8, 4) is 0 Å². The molecule has 0 amide bonds. The van der Waals surface area contributed by atoms with Gasteiger partial charge in [-0.1, -0.05) is 57.0 Å². The van der Waals surface area contributed by atoms with E-state index in [9.17, 15) is 4.79 Å². The molecule has 0 spiro atoms. The molecule has 0 radical (unpaired) electrons. The standard InChI is InChI=1S/C18H22N2O/c1-13(2)15-12-16(21)20-17(19-15)18(10-6-7-11-18)14-8-4-3-5-9-14/h3-5,8-9,12-13H,6-7,10-11H2,1-2H3,(H,19,20,21). The Morgan fingerprint density at radius 1 is 1.14 bits per heavy atom. The molecule has 3 nitrogen and oxygen atoms in total. The molecule has 3 heteroatoms. The van der Waals surface area contributed by atoms with Crippen molar-refractivity contribution in [1.29, 1.82) is 0 Å². The lowest BCUT2D eigenvalue weighted by atomic mass is 9.78. The van der Waals surface area contributed by atoms with Crippen LogP contribution in [0.5, 0.6) is 0 Å². The average molecular weight is 282 g/mol. The first kappa shape index (κ1) is 14.1. The van der Waals surface area contributed by atoms with Gasteiger partial charge in [-0.3, -0.25) is 4.79 Å². The van der Waals surface area contributed by atoms with Crippen LogP contribution >= 0.6 is 0 Å². The van der Waals surface area contributed by atoms with Gasteiger partial charge in [0.2, 0.25) is 0 Å². The summed E-state index contributed by atoms with van der Waals surface area (Å²) < 4.78 is 0. The highest BCUT2D eigenvalue weighted by Crippen LogP contribution is 2.44. The fraction of sp³-hybridized carbons (Fsp3) is 0.444. The van der Waals surface area contributed by atoms with E-state index in [4.69, 9.17) is 4.98 Å². The van der Waals surface area contributed by atoms with Gasteiger partial charge in [0.05, 0.1) is 11.1 Å². The third-order valence-electron chi connectivity index (χ3n) is 4.59. The molecule has 110 valence electrons. The third-order valence-corrected chi connectivity index (χ3v) is 4.59. The van der Waals surface area contributed by atoms with Crippen LogP contribution in [0.1, 0.15) is 62.5 Å². The smallest absolute Gasteiger partial charge is 0.251 e. The van der Waals surface area contributed by atoms with Gasteiger partial charge in [0.25, 0.3) is 5.56 Å². The number of benzene rings is 1. The lowest BCUT2D eigenvalue weighted by molar-refractivity contribution is 0.492. The Morgan fingerprint density at radius 3 is 2.43 bits per heavy atom. The number of aromatic nitrogens is 2. The monoisotopic (exact) mass is 282 g/mol. The number of hydrogen-bond donors (Lipinski definition) is 1. The molecule has 1 N–H and O–H groups in total. The Hall–Kier alpha value is -1.90. The van der Waals surface area contributed by atoms with Gasteiger partial charge in [0.15, 0.2) is 0 Å². The fourth-order valence-electron chi connectivity index (χ4n) is 3.40. The largest absolute Gasteiger partial charge is 0.310 e. The Balaban J connectivity index is 2.17. The van der Waals surface area contributed by atoms with Gasteiger partial charge in [-0.15, -0.1) is 0 Å². The van der Waals surface area contributed by atoms with Crippen molar-refractivity contribution in [2.45, 2.75) is 50.9 Å². The van der Waals surface area contributed by atoms with Crippen molar-refractivity contribution >= 4 is 0 Å². The second kappa shape index (κ2) is 5.47. The molecule has 1 aliphatic carbocycles. The van der Waals surface area contributed by atoms with Gasteiger partial charge in [-0.2, -0.15) is 0 Å². The highest BCUT2D eigenvalue weighted by molar-refractivity contribution is 5.34. The second-order valence-corrected chi connectivity index (χ2v) is 6.33. The minimum atomic E-state index is -0.120. The zero-order chi connectivity index (χ0) is 14.9. The van der Waals surface area contributed by atoms with Crippen molar-refractivity contribution in [2.24, 2.45) is 0 Å². The van der Waals surface area contributed by atoms with E-state index in [2.05, 4.69) is 43.1 Å². The Morgan fingerprint density at radius 2 is 1.81 bits per heavy atom. The Kier molecular flexibility index (Phi) is 3.66. The molecule has 0 aliphatic heterocycles. The molecule has 0 atom stereocenters. The lowest BCUT2D eigenvalue weighted by Gasteiger charge is -2.29. The number of nitrogens with one attached hydrogen (secondary N) is 1. The highest BCUT2D eigenvalue weighted by Gasteiger charge is 2.39. The molecular formula is C18H22N2O. The van der Waals surface area contributed by atoms with Crippen molar-refractivity contribution < 1.29 is 0 Å². The minimum absolute atomic E-state index is 0.0362. The molecule has 1 heterocycles. The van der Waals surface area contributed by atoms with E-state index in [0.29, 0.717) is 0 Å². The predicted octanol–water partition coefficient (Wildman–Crippen LogP) is 3.75. The maximum Gasteiger partial charge on any atom is 0.251 e. The van der Waals surface area contributed by atoms with E-state index < -0.39 is 0 Å². The molecule has 0 unspecified atom stereocenters. The molecule has 2 aromatic rings. The maximum absolute atomic E-state index is 12.1. The lowest BCUT2D eigenvalue weighted by Crippen LogP contribution is -2.30. The van der Waals surface area contributed by atoms with E-state index in [0.717, 1.165) is 24.4 Å². The molecule has 0 bridgehead atoms. The molecule has 1 saturated carbocycles. The van der Waals surface area contributed by atoms with Crippen molar-refractivity contribution in [3.05, 3.63) is 63.8 Å². The number of nitrogens with zero attached hydrogens (tertiary/aromatic N) is 1. The van der Waals surface area contributed by atoms with E-state index in [1.54, 1.807) is 6.07 Å². The molecule has 0 saturated heterocycles. The summed E-state index contributed by atoms with van der Waals surface area (Å²) in [5.74, 6) is 1.11. The molecule has 3 rings (SSSR count). The number of rotatable bonds is 3. The molecular weight excluding hydrogens is 260 g/mol. The van der Waals surface area contributed by atoms with Crippen molar-refractivity contribution in [2.75, 3.05) is 0 Å². The van der Waals surface area contributed by atoms with Crippen LogP contribution in [0.3, 0.4) is 0 Å². The van der Waals surface area contributed by atoms with Crippen LogP contribution in [0, 0.1) is 0 Å². The topological polar surface area (TPSA) is 45.8 Å². The number of hydrogen-bond acceptors (Lipinski definition) is 2. The van der Waals surface area contributed by atoms with Gasteiger partial charge < -0.3 is 4.98 Å². The van der Waals surface area contributed by atoms with E-state index >= 15 is 0 Å². The second-order valence-electron chi connectivity index (χ2n) is 6.33. The third kappa shape index (κ3) is 2.53. The molecule has 1 fully saturated rings. The van der Waals surface area contributed by atoms with Gasteiger partial charge >= 0.3 is 0 Å². The van der Waals surface area contributed by atoms with Crippen LogP contribution in [0.25, 0.3) is 0 Å². The predicted molar refractivity (Wildman–Crippen MR) is 84.6 cm³/mol. The fourth-order valence-corrected chi connectivity index (χ4v) is 3.40. The quantitative estimate of drug-likeness (QED) is 0.931. The maximum atomic E-state index is 12.1. The zero-order valence-electron chi connectivity index (χ0n) is 12.7. The SMILES string of the molecule is CC(C)c1cc(=O)[nH]c(C2(c3ccccc3)CCCC2)n1. The van der Waals surface area contributed by atoms with E-state index in [1.165, 1.54) is 18.4 Å². The van der Waals surface area contributed by atoms with Crippen LogP contribution in [0.4, 0.5) is 0 Å². The summed E-state index contributed by atoms with van der Waals surface area (Å²) in [6, 6.07) is 12.1. The summed E-state index contributed by atoms with van der Waals surface area (Å²) in [6.45, 7) is 4.16. The summed E-state index contributed by atoms with van der Waals surface area (Å²) >= 11 is 0. The van der Waals surface area contributed by atoms with Crippen LogP contribution in [-0.2, 0) is 5.41 Å². The van der Waals surface area contributed by atoms with Crippen molar-refractivity contribution in [3.63, 3.8) is 0 Å². The summed E-state index contributed by atoms with van der Waals surface area (Å²) in [4.78, 5) is 19.9. The molecule has 1 aromatic heterocycles. The normalized spacial score (nSPS) is 17.3. The van der Waals surface area contributed by atoms with Gasteiger partial charge in [-0.05, 0) is 24.3 Å². The molecule has 1 aromatic carbocycles. The van der Waals surface area contributed by atoms with Crippen LogP contribution in [0.2, 0.25) is 0 Å². The first-order valence-electron chi connectivity index (χ1n) is 7.79. The van der Waals surface area contributed by atoms with Gasteiger partial charge in [0.1, 0.15) is 5.82 Å². The summed E-state index contributed by atoms with van der Waals surface area (Å²) in [5, 5.41) is 0.